The first kappa shape index (κ1) is 14.4. The Labute approximate surface area is 119 Å². The molecule has 3 nitrogen and oxygen atoms in total. The van der Waals surface area contributed by atoms with Crippen LogP contribution in [-0.2, 0) is 11.3 Å². The zero-order chi connectivity index (χ0) is 13.5. The highest BCUT2D eigenvalue weighted by molar-refractivity contribution is 6.35. The van der Waals surface area contributed by atoms with Crippen LogP contribution in [0.4, 0.5) is 0 Å². The van der Waals surface area contributed by atoms with E-state index >= 15 is 0 Å². The molecule has 0 radical (unpaired) electrons. The second kappa shape index (κ2) is 7.53. The maximum Gasteiger partial charge on any atom is 0.0670 e. The van der Waals surface area contributed by atoms with Gasteiger partial charge in [0.2, 0.25) is 0 Å². The van der Waals surface area contributed by atoms with E-state index in [-0.39, 0.29) is 0 Å². The van der Waals surface area contributed by atoms with E-state index in [4.69, 9.17) is 16.3 Å². The number of hydrogen-bond donors (Lipinski definition) is 1. The van der Waals surface area contributed by atoms with Crippen molar-refractivity contribution in [3.05, 3.63) is 35.5 Å². The molecule has 0 aliphatic heterocycles. The molecule has 0 fully saturated rings. The van der Waals surface area contributed by atoms with Gasteiger partial charge in [0, 0.05) is 37.9 Å². The summed E-state index contributed by atoms with van der Waals surface area (Å²) < 4.78 is 7.50. The van der Waals surface area contributed by atoms with Crippen molar-refractivity contribution in [2.24, 2.45) is 0 Å². The van der Waals surface area contributed by atoms with Crippen LogP contribution >= 0.6 is 11.6 Å². The molecule has 0 saturated carbocycles. The monoisotopic (exact) mass is 280 g/mol. The molecule has 0 aliphatic carbocycles. The molecule has 0 amide bonds. The lowest BCUT2D eigenvalue weighted by Crippen LogP contribution is -2.21. The zero-order valence-corrected chi connectivity index (χ0v) is 12.1. The van der Waals surface area contributed by atoms with Crippen LogP contribution in [0.15, 0.2) is 30.5 Å². The molecule has 0 spiro atoms. The minimum absolute atomic E-state index is 0.799. The number of aromatic nitrogens is 1. The molecule has 0 bridgehead atoms. The molecule has 2 rings (SSSR count). The third-order valence-corrected chi connectivity index (χ3v) is 3.42. The van der Waals surface area contributed by atoms with Gasteiger partial charge in [-0.25, -0.2) is 0 Å². The van der Waals surface area contributed by atoms with E-state index in [0.717, 1.165) is 49.8 Å². The van der Waals surface area contributed by atoms with Gasteiger partial charge in [-0.15, -0.1) is 0 Å². The van der Waals surface area contributed by atoms with Gasteiger partial charge >= 0.3 is 0 Å². The SMILES string of the molecule is CCOCCCNCCn1ccc2cccc(Cl)c21. The van der Waals surface area contributed by atoms with Crippen LogP contribution in [0.2, 0.25) is 5.02 Å². The van der Waals surface area contributed by atoms with Crippen LogP contribution in [0.5, 0.6) is 0 Å². The molecule has 1 aromatic heterocycles. The second-order valence-corrected chi connectivity index (χ2v) is 4.89. The molecule has 19 heavy (non-hydrogen) atoms. The van der Waals surface area contributed by atoms with E-state index in [0.29, 0.717) is 0 Å². The van der Waals surface area contributed by atoms with Gasteiger partial charge in [0.15, 0.2) is 0 Å². The Morgan fingerprint density at radius 3 is 3.00 bits per heavy atom. The van der Waals surface area contributed by atoms with Crippen LogP contribution in [0, 0.1) is 0 Å². The van der Waals surface area contributed by atoms with Crippen LogP contribution in [-0.4, -0.2) is 30.9 Å². The maximum atomic E-state index is 6.24. The van der Waals surface area contributed by atoms with E-state index in [1.54, 1.807) is 0 Å². The Hall–Kier alpha value is -1.03. The Balaban J connectivity index is 1.79. The van der Waals surface area contributed by atoms with Crippen LogP contribution < -0.4 is 5.32 Å². The number of hydrogen-bond acceptors (Lipinski definition) is 2. The molecule has 104 valence electrons. The fourth-order valence-electron chi connectivity index (χ4n) is 2.17. The maximum absolute atomic E-state index is 6.24. The molecule has 0 aliphatic rings. The lowest BCUT2D eigenvalue weighted by Gasteiger charge is -2.08. The summed E-state index contributed by atoms with van der Waals surface area (Å²) in [5, 5.41) is 5.44. The predicted octanol–water partition coefficient (Wildman–Crippen LogP) is 3.31. The Bertz CT molecular complexity index is 510. The summed E-state index contributed by atoms with van der Waals surface area (Å²) in [4.78, 5) is 0. The Morgan fingerprint density at radius 2 is 2.16 bits per heavy atom. The average molecular weight is 281 g/mol. The predicted molar refractivity (Wildman–Crippen MR) is 80.9 cm³/mol. The van der Waals surface area contributed by atoms with Gasteiger partial charge in [-0.3, -0.25) is 0 Å². The fourth-order valence-corrected chi connectivity index (χ4v) is 2.46. The standard InChI is InChI=1S/C15H21ClN2O/c1-2-19-12-4-8-17-9-11-18-10-7-13-5-3-6-14(16)15(13)18/h3,5-7,10,17H,2,4,8-9,11-12H2,1H3. The summed E-state index contributed by atoms with van der Waals surface area (Å²) in [5.41, 5.74) is 1.13. The summed E-state index contributed by atoms with van der Waals surface area (Å²) in [7, 11) is 0. The van der Waals surface area contributed by atoms with Crippen molar-refractivity contribution in [1.29, 1.82) is 0 Å². The van der Waals surface area contributed by atoms with Crippen molar-refractivity contribution in [2.45, 2.75) is 19.9 Å². The first-order chi connectivity index (χ1) is 9.33. The van der Waals surface area contributed by atoms with E-state index in [9.17, 15) is 0 Å². The first-order valence-corrected chi connectivity index (χ1v) is 7.22. The minimum atomic E-state index is 0.799. The van der Waals surface area contributed by atoms with Gasteiger partial charge in [-0.1, -0.05) is 23.7 Å². The van der Waals surface area contributed by atoms with E-state index in [1.807, 2.05) is 19.1 Å². The van der Waals surface area contributed by atoms with Gasteiger partial charge in [-0.05, 0) is 32.0 Å². The molecular formula is C15H21ClN2O. The molecular weight excluding hydrogens is 260 g/mol. The number of para-hydroxylation sites is 1. The summed E-state index contributed by atoms with van der Waals surface area (Å²) >= 11 is 6.24. The van der Waals surface area contributed by atoms with Crippen LogP contribution in [0.25, 0.3) is 10.9 Å². The summed E-state index contributed by atoms with van der Waals surface area (Å²) in [5.74, 6) is 0. The summed E-state index contributed by atoms with van der Waals surface area (Å²) in [6.45, 7) is 6.53. The van der Waals surface area contributed by atoms with E-state index in [2.05, 4.69) is 28.2 Å². The molecule has 1 N–H and O–H groups in total. The quantitative estimate of drug-likeness (QED) is 0.751. The van der Waals surface area contributed by atoms with E-state index < -0.39 is 0 Å². The number of rotatable bonds is 8. The van der Waals surface area contributed by atoms with Crippen molar-refractivity contribution >= 4 is 22.5 Å². The average Bonchev–Trinajstić information content (AvgIpc) is 2.82. The highest BCUT2D eigenvalue weighted by Crippen LogP contribution is 2.23. The molecule has 4 heteroatoms. The molecule has 0 atom stereocenters. The number of benzene rings is 1. The molecule has 0 saturated heterocycles. The minimum Gasteiger partial charge on any atom is -0.382 e. The normalized spacial score (nSPS) is 11.3. The molecule has 2 aromatic rings. The summed E-state index contributed by atoms with van der Waals surface area (Å²) in [6, 6.07) is 8.13. The largest absolute Gasteiger partial charge is 0.382 e. The van der Waals surface area contributed by atoms with Crippen molar-refractivity contribution in [3.8, 4) is 0 Å². The lowest BCUT2D eigenvalue weighted by atomic mass is 10.2. The van der Waals surface area contributed by atoms with Crippen LogP contribution in [0.1, 0.15) is 13.3 Å². The van der Waals surface area contributed by atoms with Crippen molar-refractivity contribution in [1.82, 2.24) is 9.88 Å². The first-order valence-electron chi connectivity index (χ1n) is 6.84. The number of nitrogens with one attached hydrogen (secondary N) is 1. The topological polar surface area (TPSA) is 26.2 Å². The highest BCUT2D eigenvalue weighted by atomic mass is 35.5. The summed E-state index contributed by atoms with van der Waals surface area (Å²) in [6.07, 6.45) is 3.15. The fraction of sp³-hybridized carbons (Fsp3) is 0.467. The van der Waals surface area contributed by atoms with Crippen molar-refractivity contribution in [3.63, 3.8) is 0 Å². The lowest BCUT2D eigenvalue weighted by molar-refractivity contribution is 0.145. The third kappa shape index (κ3) is 3.96. The third-order valence-electron chi connectivity index (χ3n) is 3.12. The van der Waals surface area contributed by atoms with Gasteiger partial charge in [0.25, 0.3) is 0 Å². The number of fused-ring (bicyclic) bond motifs is 1. The van der Waals surface area contributed by atoms with Gasteiger partial charge < -0.3 is 14.6 Å². The zero-order valence-electron chi connectivity index (χ0n) is 11.4. The van der Waals surface area contributed by atoms with Crippen LogP contribution in [0.3, 0.4) is 0 Å². The van der Waals surface area contributed by atoms with E-state index in [1.165, 1.54) is 5.39 Å². The number of nitrogens with zero attached hydrogens (tertiary/aromatic N) is 1. The molecule has 0 unspecified atom stereocenters. The van der Waals surface area contributed by atoms with Gasteiger partial charge in [-0.2, -0.15) is 0 Å². The van der Waals surface area contributed by atoms with Gasteiger partial charge in [0.1, 0.15) is 0 Å². The highest BCUT2D eigenvalue weighted by Gasteiger charge is 2.04. The number of ether oxygens (including phenoxy) is 1. The Kier molecular flexibility index (Phi) is 5.70. The molecule has 1 heterocycles. The van der Waals surface area contributed by atoms with Crippen molar-refractivity contribution < 1.29 is 4.74 Å². The van der Waals surface area contributed by atoms with Gasteiger partial charge in [0.05, 0.1) is 10.5 Å². The Morgan fingerprint density at radius 1 is 1.26 bits per heavy atom. The molecule has 1 aromatic carbocycles. The number of halogens is 1. The van der Waals surface area contributed by atoms with Crippen molar-refractivity contribution in [2.75, 3.05) is 26.3 Å². The second-order valence-electron chi connectivity index (χ2n) is 4.49. The smallest absolute Gasteiger partial charge is 0.0670 e.